The fourth-order valence-electron chi connectivity index (χ4n) is 2.37. The van der Waals surface area contributed by atoms with Gasteiger partial charge in [0.25, 0.3) is 0 Å². The predicted octanol–water partition coefficient (Wildman–Crippen LogP) is 3.74. The summed E-state index contributed by atoms with van der Waals surface area (Å²) in [6.45, 7) is 0.788. The minimum atomic E-state index is 0.677. The van der Waals surface area contributed by atoms with Crippen LogP contribution in [0, 0.1) is 0 Å². The number of aromatic nitrogens is 2. The monoisotopic (exact) mass is 284 g/mol. The van der Waals surface area contributed by atoms with E-state index in [2.05, 4.69) is 9.55 Å². The molecule has 20 heavy (non-hydrogen) atoms. The van der Waals surface area contributed by atoms with E-state index in [-0.39, 0.29) is 0 Å². The Morgan fingerprint density at radius 2 is 2.20 bits per heavy atom. The molecule has 4 heteroatoms. The molecule has 0 N–H and O–H groups in total. The van der Waals surface area contributed by atoms with Crippen LogP contribution >= 0.6 is 11.6 Å². The van der Waals surface area contributed by atoms with Gasteiger partial charge in [-0.15, -0.1) is 0 Å². The number of nitrogens with zero attached hydrogens (tertiary/aromatic N) is 2. The van der Waals surface area contributed by atoms with E-state index in [1.807, 2.05) is 42.7 Å². The van der Waals surface area contributed by atoms with Crippen LogP contribution in [0.2, 0.25) is 5.02 Å². The van der Waals surface area contributed by atoms with E-state index in [1.54, 1.807) is 6.20 Å². The van der Waals surface area contributed by atoms with E-state index < -0.39 is 0 Å². The molecule has 0 spiro atoms. The Morgan fingerprint density at radius 1 is 1.30 bits per heavy atom. The Bertz CT molecular complexity index is 750. The number of benzene rings is 1. The van der Waals surface area contributed by atoms with Gasteiger partial charge in [0.15, 0.2) is 6.29 Å². The molecule has 0 radical (unpaired) electrons. The molecule has 0 bridgehead atoms. The number of fused-ring (bicyclic) bond motifs is 1. The zero-order valence-electron chi connectivity index (χ0n) is 10.8. The number of carbonyl (C=O) groups excluding carboxylic acids is 1. The first-order valence-corrected chi connectivity index (χ1v) is 6.78. The summed E-state index contributed by atoms with van der Waals surface area (Å²) in [4.78, 5) is 15.2. The van der Waals surface area contributed by atoms with Crippen molar-refractivity contribution in [2.24, 2.45) is 0 Å². The lowest BCUT2D eigenvalue weighted by Gasteiger charge is -2.05. The van der Waals surface area contributed by atoms with Crippen LogP contribution in [0.3, 0.4) is 0 Å². The van der Waals surface area contributed by atoms with Gasteiger partial charge >= 0.3 is 0 Å². The van der Waals surface area contributed by atoms with Crippen molar-refractivity contribution in [3.05, 3.63) is 65.1 Å². The molecule has 100 valence electrons. The largest absolute Gasteiger partial charge is 0.346 e. The first-order valence-electron chi connectivity index (χ1n) is 6.40. The zero-order valence-corrected chi connectivity index (χ0v) is 11.5. The molecule has 1 aromatic carbocycles. The third-order valence-corrected chi connectivity index (χ3v) is 3.60. The predicted molar refractivity (Wildman–Crippen MR) is 80.3 cm³/mol. The number of rotatable bonds is 4. The maximum Gasteiger partial charge on any atom is 0.152 e. The highest BCUT2D eigenvalue weighted by Gasteiger charge is 2.08. The molecule has 2 aromatic heterocycles. The van der Waals surface area contributed by atoms with Gasteiger partial charge in [-0.05, 0) is 30.2 Å². The van der Waals surface area contributed by atoms with Crippen LogP contribution in [-0.2, 0) is 13.0 Å². The second-order valence-electron chi connectivity index (χ2n) is 4.67. The van der Waals surface area contributed by atoms with Crippen molar-refractivity contribution in [1.29, 1.82) is 0 Å². The number of aryl methyl sites for hydroxylation is 2. The van der Waals surface area contributed by atoms with Crippen molar-refractivity contribution in [2.75, 3.05) is 0 Å². The average molecular weight is 285 g/mol. The summed E-state index contributed by atoms with van der Waals surface area (Å²) in [6.07, 6.45) is 7.25. The number of pyridine rings is 1. The fourth-order valence-corrected chi connectivity index (χ4v) is 2.53. The SMILES string of the molecule is O=Cc1cn(CCc2cccnc2)c2cc(Cl)ccc12. The highest BCUT2D eigenvalue weighted by atomic mass is 35.5. The number of hydrogen-bond acceptors (Lipinski definition) is 2. The van der Waals surface area contributed by atoms with Crippen LogP contribution in [0.5, 0.6) is 0 Å². The first kappa shape index (κ1) is 12.9. The van der Waals surface area contributed by atoms with Crippen LogP contribution in [-0.4, -0.2) is 15.8 Å². The third-order valence-electron chi connectivity index (χ3n) is 3.37. The molecule has 3 rings (SSSR count). The van der Waals surface area contributed by atoms with Crippen LogP contribution in [0.4, 0.5) is 0 Å². The van der Waals surface area contributed by atoms with Crippen molar-refractivity contribution in [2.45, 2.75) is 13.0 Å². The fraction of sp³-hybridized carbons (Fsp3) is 0.125. The van der Waals surface area contributed by atoms with E-state index in [9.17, 15) is 4.79 Å². The second kappa shape index (κ2) is 5.47. The molecule has 0 amide bonds. The van der Waals surface area contributed by atoms with E-state index >= 15 is 0 Å². The maximum absolute atomic E-state index is 11.1. The number of hydrogen-bond donors (Lipinski definition) is 0. The molecule has 3 aromatic rings. The quantitative estimate of drug-likeness (QED) is 0.684. The minimum absolute atomic E-state index is 0.677. The Kier molecular flexibility index (Phi) is 3.52. The summed E-state index contributed by atoms with van der Waals surface area (Å²) in [5.41, 5.74) is 2.86. The number of carbonyl (C=O) groups is 1. The summed E-state index contributed by atoms with van der Waals surface area (Å²) in [6, 6.07) is 9.57. The van der Waals surface area contributed by atoms with Gasteiger partial charge in [0.1, 0.15) is 0 Å². The molecule has 2 heterocycles. The van der Waals surface area contributed by atoms with Gasteiger partial charge in [0.05, 0.1) is 5.52 Å². The van der Waals surface area contributed by atoms with Crippen molar-refractivity contribution < 1.29 is 4.79 Å². The van der Waals surface area contributed by atoms with Crippen molar-refractivity contribution >= 4 is 28.8 Å². The third kappa shape index (κ3) is 2.45. The van der Waals surface area contributed by atoms with Gasteiger partial charge in [0, 0.05) is 41.1 Å². The van der Waals surface area contributed by atoms with Crippen LogP contribution < -0.4 is 0 Å². The first-order chi connectivity index (χ1) is 9.78. The number of halogens is 1. The van der Waals surface area contributed by atoms with Crippen LogP contribution in [0.1, 0.15) is 15.9 Å². The smallest absolute Gasteiger partial charge is 0.152 e. The lowest BCUT2D eigenvalue weighted by Crippen LogP contribution is -2.00. The summed E-state index contributed by atoms with van der Waals surface area (Å²) in [5, 5.41) is 1.62. The Balaban J connectivity index is 1.95. The van der Waals surface area contributed by atoms with Gasteiger partial charge in [-0.3, -0.25) is 9.78 Å². The lowest BCUT2D eigenvalue weighted by molar-refractivity contribution is 0.112. The van der Waals surface area contributed by atoms with E-state index in [0.717, 1.165) is 30.2 Å². The summed E-state index contributed by atoms with van der Waals surface area (Å²) < 4.78 is 2.07. The molecule has 0 saturated carbocycles. The van der Waals surface area contributed by atoms with Gasteiger partial charge in [0.2, 0.25) is 0 Å². The van der Waals surface area contributed by atoms with Crippen molar-refractivity contribution in [3.8, 4) is 0 Å². The van der Waals surface area contributed by atoms with Gasteiger partial charge in [-0.2, -0.15) is 0 Å². The molecule has 0 fully saturated rings. The molecule has 0 aliphatic heterocycles. The molecular weight excluding hydrogens is 272 g/mol. The van der Waals surface area contributed by atoms with Crippen LogP contribution in [0.15, 0.2) is 48.9 Å². The second-order valence-corrected chi connectivity index (χ2v) is 5.10. The highest BCUT2D eigenvalue weighted by Crippen LogP contribution is 2.24. The summed E-state index contributed by atoms with van der Waals surface area (Å²) in [7, 11) is 0. The maximum atomic E-state index is 11.1. The summed E-state index contributed by atoms with van der Waals surface area (Å²) in [5.74, 6) is 0. The molecule has 0 unspecified atom stereocenters. The molecule has 0 saturated heterocycles. The van der Waals surface area contributed by atoms with E-state index in [1.165, 1.54) is 5.56 Å². The van der Waals surface area contributed by atoms with Crippen molar-refractivity contribution in [3.63, 3.8) is 0 Å². The molecule has 0 aliphatic carbocycles. The molecule has 0 atom stereocenters. The van der Waals surface area contributed by atoms with E-state index in [4.69, 9.17) is 11.6 Å². The molecule has 0 aliphatic rings. The average Bonchev–Trinajstić information content (AvgIpc) is 2.83. The van der Waals surface area contributed by atoms with Crippen molar-refractivity contribution in [1.82, 2.24) is 9.55 Å². The minimum Gasteiger partial charge on any atom is -0.346 e. The van der Waals surface area contributed by atoms with Gasteiger partial charge in [-0.1, -0.05) is 23.7 Å². The Morgan fingerprint density at radius 3 is 2.95 bits per heavy atom. The normalized spacial score (nSPS) is 10.8. The zero-order chi connectivity index (χ0) is 13.9. The standard InChI is InChI=1S/C16H13ClN2O/c17-14-3-4-15-13(11-20)10-19(16(15)8-14)7-5-12-2-1-6-18-9-12/h1-4,6,8-11H,5,7H2. The van der Waals surface area contributed by atoms with Gasteiger partial charge < -0.3 is 4.57 Å². The lowest BCUT2D eigenvalue weighted by atomic mass is 10.2. The Hall–Kier alpha value is -2.13. The highest BCUT2D eigenvalue weighted by molar-refractivity contribution is 6.31. The summed E-state index contributed by atoms with van der Waals surface area (Å²) >= 11 is 6.05. The van der Waals surface area contributed by atoms with Crippen LogP contribution in [0.25, 0.3) is 10.9 Å². The molecule has 3 nitrogen and oxygen atoms in total. The van der Waals surface area contributed by atoms with Gasteiger partial charge in [-0.25, -0.2) is 0 Å². The van der Waals surface area contributed by atoms with E-state index in [0.29, 0.717) is 10.6 Å². The topological polar surface area (TPSA) is 34.9 Å². The molecular formula is C16H13ClN2O. The Labute approximate surface area is 121 Å². The number of aldehydes is 1.